The van der Waals surface area contributed by atoms with Crippen molar-refractivity contribution in [2.75, 3.05) is 33.7 Å². The van der Waals surface area contributed by atoms with Crippen molar-refractivity contribution in [1.29, 1.82) is 0 Å². The molecule has 3 aliphatic heterocycles. The van der Waals surface area contributed by atoms with Crippen LogP contribution >= 0.6 is 11.6 Å². The lowest BCUT2D eigenvalue weighted by Crippen LogP contribution is -2.46. The maximum atomic E-state index is 14.1. The molecule has 0 unspecified atom stereocenters. The third kappa shape index (κ3) is 3.46. The SMILES string of the molecule is CN(C)S(=O)(=O)N1C[C@@H]2CC[C@H](C1)N(Cc1c(F)cccc1Cl)C2. The van der Waals surface area contributed by atoms with Gasteiger partial charge in [0, 0.05) is 56.9 Å². The van der Waals surface area contributed by atoms with Gasteiger partial charge in [-0.05, 0) is 30.9 Å². The first-order chi connectivity index (χ1) is 11.3. The highest BCUT2D eigenvalue weighted by Gasteiger charge is 2.39. The van der Waals surface area contributed by atoms with Crippen LogP contribution in [0.3, 0.4) is 0 Å². The van der Waals surface area contributed by atoms with Gasteiger partial charge in [0.2, 0.25) is 0 Å². The van der Waals surface area contributed by atoms with Gasteiger partial charge in [-0.25, -0.2) is 4.39 Å². The summed E-state index contributed by atoms with van der Waals surface area (Å²) in [5.74, 6) is -0.0376. The Morgan fingerprint density at radius 1 is 1.25 bits per heavy atom. The van der Waals surface area contributed by atoms with E-state index < -0.39 is 10.2 Å². The number of piperidine rings is 1. The fourth-order valence-corrected chi connectivity index (χ4v) is 5.08. The second kappa shape index (κ2) is 6.88. The maximum Gasteiger partial charge on any atom is 0.281 e. The van der Waals surface area contributed by atoms with Crippen molar-refractivity contribution in [2.24, 2.45) is 5.92 Å². The minimum absolute atomic E-state index is 0.0918. The molecule has 0 spiro atoms. The van der Waals surface area contributed by atoms with E-state index in [9.17, 15) is 12.8 Å². The monoisotopic (exact) mass is 375 g/mol. The van der Waals surface area contributed by atoms with Crippen LogP contribution in [0.5, 0.6) is 0 Å². The predicted molar refractivity (Wildman–Crippen MR) is 92.5 cm³/mol. The maximum absolute atomic E-state index is 14.1. The molecule has 2 atom stereocenters. The molecule has 1 aromatic rings. The zero-order chi connectivity index (χ0) is 17.5. The smallest absolute Gasteiger partial charge is 0.281 e. The quantitative estimate of drug-likeness (QED) is 0.810. The van der Waals surface area contributed by atoms with E-state index in [1.807, 2.05) is 0 Å². The van der Waals surface area contributed by atoms with E-state index >= 15 is 0 Å². The molecule has 0 amide bonds. The van der Waals surface area contributed by atoms with Gasteiger partial charge < -0.3 is 0 Å². The number of rotatable bonds is 4. The van der Waals surface area contributed by atoms with Crippen LogP contribution in [-0.4, -0.2) is 61.7 Å². The molecule has 2 bridgehead atoms. The lowest BCUT2D eigenvalue weighted by molar-refractivity contribution is 0.124. The number of fused-ring (bicyclic) bond motifs is 4. The van der Waals surface area contributed by atoms with Crippen molar-refractivity contribution in [1.82, 2.24) is 13.5 Å². The molecule has 3 heterocycles. The molecule has 8 heteroatoms. The Morgan fingerprint density at radius 2 is 2.00 bits per heavy atom. The molecule has 4 rings (SSSR count). The Labute approximate surface area is 148 Å². The molecule has 3 aliphatic rings. The molecule has 3 saturated heterocycles. The Balaban J connectivity index is 1.82. The Morgan fingerprint density at radius 3 is 2.67 bits per heavy atom. The van der Waals surface area contributed by atoms with Gasteiger partial charge in [0.15, 0.2) is 0 Å². The summed E-state index contributed by atoms with van der Waals surface area (Å²) < 4.78 is 41.9. The zero-order valence-corrected chi connectivity index (χ0v) is 15.5. The number of benzene rings is 1. The fraction of sp³-hybridized carbons (Fsp3) is 0.625. The van der Waals surface area contributed by atoms with Gasteiger partial charge in [0.25, 0.3) is 10.2 Å². The Hall–Kier alpha value is -0.730. The minimum Gasteiger partial charge on any atom is -0.294 e. The molecule has 3 fully saturated rings. The summed E-state index contributed by atoms with van der Waals surface area (Å²) in [6.07, 6.45) is 1.93. The van der Waals surface area contributed by atoms with Crippen LogP contribution in [0.1, 0.15) is 18.4 Å². The molecule has 1 aromatic carbocycles. The first-order valence-electron chi connectivity index (χ1n) is 8.13. The van der Waals surface area contributed by atoms with Gasteiger partial charge >= 0.3 is 0 Å². The summed E-state index contributed by atoms with van der Waals surface area (Å²) in [6, 6.07) is 4.80. The highest BCUT2D eigenvalue weighted by Crippen LogP contribution is 2.32. The molecule has 24 heavy (non-hydrogen) atoms. The predicted octanol–water partition coefficient (Wildman–Crippen LogP) is 2.18. The first kappa shape index (κ1) is 18.1. The zero-order valence-electron chi connectivity index (χ0n) is 14.0. The number of nitrogens with zero attached hydrogens (tertiary/aromatic N) is 3. The van der Waals surface area contributed by atoms with Crippen LogP contribution in [0.4, 0.5) is 4.39 Å². The highest BCUT2D eigenvalue weighted by molar-refractivity contribution is 7.86. The van der Waals surface area contributed by atoms with Gasteiger partial charge in [-0.3, -0.25) is 4.90 Å². The number of halogens is 2. The van der Waals surface area contributed by atoms with Crippen molar-refractivity contribution in [2.45, 2.75) is 25.4 Å². The summed E-state index contributed by atoms with van der Waals surface area (Å²) >= 11 is 6.15. The second-order valence-corrected chi connectivity index (χ2v) is 9.38. The molecule has 0 aromatic heterocycles. The van der Waals surface area contributed by atoms with Crippen LogP contribution in [-0.2, 0) is 16.8 Å². The van der Waals surface area contributed by atoms with E-state index in [1.54, 1.807) is 30.5 Å². The molecule has 134 valence electrons. The van der Waals surface area contributed by atoms with Crippen molar-refractivity contribution in [3.63, 3.8) is 0 Å². The standard InChI is InChI=1S/C16H23ClFN3O2S/c1-19(2)24(22,23)21-9-12-6-7-13(10-21)20(8-12)11-14-15(17)4-3-5-16(14)18/h3-5,12-13H,6-11H2,1-2H3/t12-,13-/m1/s1. The van der Waals surface area contributed by atoms with E-state index in [0.29, 0.717) is 30.2 Å². The van der Waals surface area contributed by atoms with Gasteiger partial charge in [-0.1, -0.05) is 17.7 Å². The van der Waals surface area contributed by atoms with Crippen LogP contribution in [0.15, 0.2) is 18.2 Å². The molecule has 0 N–H and O–H groups in total. The third-order valence-electron chi connectivity index (χ3n) is 5.00. The molecular weight excluding hydrogens is 353 g/mol. The summed E-state index contributed by atoms with van der Waals surface area (Å²) in [5, 5.41) is 0.424. The lowest BCUT2D eigenvalue weighted by Gasteiger charge is -2.36. The highest BCUT2D eigenvalue weighted by atomic mass is 35.5. The third-order valence-corrected chi connectivity index (χ3v) is 7.23. The summed E-state index contributed by atoms with van der Waals surface area (Å²) in [5.41, 5.74) is 0.494. The second-order valence-electron chi connectivity index (χ2n) is 6.83. The summed E-state index contributed by atoms with van der Waals surface area (Å²) in [6.45, 7) is 2.17. The van der Waals surface area contributed by atoms with Crippen LogP contribution in [0.25, 0.3) is 0 Å². The van der Waals surface area contributed by atoms with Crippen LogP contribution in [0, 0.1) is 11.7 Å². The van der Waals surface area contributed by atoms with Crippen LogP contribution < -0.4 is 0 Å². The fourth-order valence-electron chi connectivity index (χ4n) is 3.64. The van der Waals surface area contributed by atoms with Crippen molar-refractivity contribution in [3.05, 3.63) is 34.6 Å². The average Bonchev–Trinajstić information content (AvgIpc) is 2.83. The Bertz CT molecular complexity index is 693. The van der Waals surface area contributed by atoms with Crippen molar-refractivity contribution >= 4 is 21.8 Å². The van der Waals surface area contributed by atoms with E-state index in [-0.39, 0.29) is 17.8 Å². The average molecular weight is 376 g/mol. The van der Waals surface area contributed by atoms with Crippen molar-refractivity contribution in [3.8, 4) is 0 Å². The lowest BCUT2D eigenvalue weighted by atomic mass is 9.94. The van der Waals surface area contributed by atoms with E-state index in [2.05, 4.69) is 4.90 Å². The van der Waals surface area contributed by atoms with Gasteiger partial charge in [-0.15, -0.1) is 0 Å². The van der Waals surface area contributed by atoms with Gasteiger partial charge in [0.1, 0.15) is 5.82 Å². The molecule has 5 nitrogen and oxygen atoms in total. The summed E-state index contributed by atoms with van der Waals surface area (Å²) in [4.78, 5) is 2.18. The topological polar surface area (TPSA) is 43.9 Å². The number of hydrogen-bond donors (Lipinski definition) is 0. The van der Waals surface area contributed by atoms with Crippen LogP contribution in [0.2, 0.25) is 5.02 Å². The Kier molecular flexibility index (Phi) is 5.18. The van der Waals surface area contributed by atoms with E-state index in [0.717, 1.165) is 19.4 Å². The van der Waals surface area contributed by atoms with Gasteiger partial charge in [0.05, 0.1) is 0 Å². The molecule has 0 radical (unpaired) electrons. The first-order valence-corrected chi connectivity index (χ1v) is 9.91. The molecule has 0 aliphatic carbocycles. The molecular formula is C16H23ClFN3O2S. The van der Waals surface area contributed by atoms with Gasteiger partial charge in [-0.2, -0.15) is 17.0 Å². The van der Waals surface area contributed by atoms with Crippen molar-refractivity contribution < 1.29 is 12.8 Å². The van der Waals surface area contributed by atoms with E-state index in [1.165, 1.54) is 10.4 Å². The molecule has 0 saturated carbocycles. The largest absolute Gasteiger partial charge is 0.294 e. The van der Waals surface area contributed by atoms with E-state index in [4.69, 9.17) is 11.6 Å². The summed E-state index contributed by atoms with van der Waals surface area (Å²) in [7, 11) is -0.313. The minimum atomic E-state index is -3.42. The number of hydrogen-bond acceptors (Lipinski definition) is 3. The normalized spacial score (nSPS) is 26.0.